The summed E-state index contributed by atoms with van der Waals surface area (Å²) in [6, 6.07) is 0. The van der Waals surface area contributed by atoms with Gasteiger partial charge in [0.15, 0.2) is 0 Å². The van der Waals surface area contributed by atoms with Gasteiger partial charge in [-0.2, -0.15) is 37.9 Å². The van der Waals surface area contributed by atoms with Crippen LogP contribution in [0.4, 0.5) is 0 Å². The van der Waals surface area contributed by atoms with Crippen LogP contribution in [0.2, 0.25) is 4.94 Å². The van der Waals surface area contributed by atoms with Crippen molar-refractivity contribution in [3.05, 3.63) is 0 Å². The van der Waals surface area contributed by atoms with Gasteiger partial charge in [0.05, 0.1) is 0 Å². The molecule has 0 rings (SSSR count). The molecule has 6 nitrogen and oxygen atoms in total. The van der Waals surface area contributed by atoms with Gasteiger partial charge in [-0.3, -0.25) is 0 Å². The first kappa shape index (κ1) is 80.7. The molecule has 0 amide bonds. The number of carbonyl (C=O) groups is 3. The van der Waals surface area contributed by atoms with Gasteiger partial charge in [-0.25, -0.2) is 0 Å². The Morgan fingerprint density at radius 3 is 0.459 bits per heavy atom. The number of rotatable bonds is 57. The molecule has 0 heterocycles. The second-order valence-electron chi connectivity index (χ2n) is 21.9. The molecule has 0 fully saturated rings. The number of carbonyl (C=O) groups excluding carboxylic acids is 3. The van der Waals surface area contributed by atoms with E-state index in [9.17, 15) is 29.7 Å². The van der Waals surface area contributed by atoms with E-state index in [1.807, 2.05) is 0 Å². The van der Waals surface area contributed by atoms with Crippen LogP contribution in [0.3, 0.4) is 0 Å². The molecule has 0 N–H and O–H groups in total. The molecule has 440 valence electrons. The SMILES string of the molecule is CCCCCCCCCCCCCCCCCCC(CS)C(=O)[O-].CCCCCCCCCCCCCCCCCCC(CS)C(=O)[O-].CCCCCCCCCCCCCCCCCCC(CS)C(=O)[O-].[CH3][Sn+3]. The topological polar surface area (TPSA) is 120 Å². The van der Waals surface area contributed by atoms with Crippen LogP contribution < -0.4 is 15.3 Å². The van der Waals surface area contributed by atoms with Crippen molar-refractivity contribution in [1.82, 2.24) is 0 Å². The predicted molar refractivity (Wildman–Crippen MR) is 331 cm³/mol. The van der Waals surface area contributed by atoms with Crippen LogP contribution >= 0.6 is 37.9 Å². The quantitative estimate of drug-likeness (QED) is 0.0317. The molecule has 0 saturated carbocycles. The van der Waals surface area contributed by atoms with Gasteiger partial charge >= 0.3 is 27.5 Å². The maximum atomic E-state index is 10.8. The van der Waals surface area contributed by atoms with Gasteiger partial charge in [0, 0.05) is 35.7 Å². The first-order valence-electron chi connectivity index (χ1n) is 32.1. The number of carboxylic acid groups (broad SMARTS) is 3. The molecule has 0 aromatic heterocycles. The van der Waals surface area contributed by atoms with Gasteiger partial charge in [0.1, 0.15) is 0 Å². The van der Waals surface area contributed by atoms with E-state index < -0.39 is 17.9 Å². The summed E-state index contributed by atoms with van der Waals surface area (Å²) >= 11 is 13.7. The number of thiol groups is 3. The van der Waals surface area contributed by atoms with Gasteiger partial charge < -0.3 is 29.7 Å². The van der Waals surface area contributed by atoms with Crippen molar-refractivity contribution in [2.24, 2.45) is 17.8 Å². The second-order valence-corrected chi connectivity index (χ2v) is 23.0. The molecule has 0 aliphatic carbocycles. The molecule has 0 saturated heterocycles. The summed E-state index contributed by atoms with van der Waals surface area (Å²) in [5, 5.41) is 32.3. The third-order valence-corrected chi connectivity index (χ3v) is 16.2. The number of hydrogen-bond donors (Lipinski definition) is 3. The Labute approximate surface area is 492 Å². The Morgan fingerprint density at radius 2 is 0.365 bits per heavy atom. The first-order chi connectivity index (χ1) is 36.2. The zero-order valence-electron chi connectivity index (χ0n) is 49.7. The van der Waals surface area contributed by atoms with Crippen LogP contribution in [0, 0.1) is 17.8 Å². The number of aliphatic carboxylic acids is 3. The van der Waals surface area contributed by atoms with Gasteiger partial charge in [-0.05, 0) is 36.5 Å². The molecular formula is C64H126O6S3Sn. The summed E-state index contributed by atoms with van der Waals surface area (Å²) in [7, 11) is 0. The van der Waals surface area contributed by atoms with E-state index in [0.717, 1.165) is 57.8 Å². The van der Waals surface area contributed by atoms with Crippen molar-refractivity contribution in [1.29, 1.82) is 0 Å². The molecule has 0 radical (unpaired) electrons. The van der Waals surface area contributed by atoms with E-state index in [1.165, 1.54) is 270 Å². The van der Waals surface area contributed by atoms with Crippen LogP contribution in [0.25, 0.3) is 0 Å². The Bertz CT molecular complexity index is 942. The predicted octanol–water partition coefficient (Wildman–Crippen LogP) is 18.0. The molecule has 0 aliphatic heterocycles. The van der Waals surface area contributed by atoms with E-state index >= 15 is 0 Å². The van der Waals surface area contributed by atoms with Gasteiger partial charge in [-0.15, -0.1) is 0 Å². The van der Waals surface area contributed by atoms with Gasteiger partial charge in [-0.1, -0.05) is 329 Å². The second kappa shape index (κ2) is 73.3. The monoisotopic (exact) mass is 1210 g/mol. The minimum atomic E-state index is -0.939. The van der Waals surface area contributed by atoms with E-state index in [-0.39, 0.29) is 17.8 Å². The number of unbranched alkanes of at least 4 members (excludes halogenated alkanes) is 45. The van der Waals surface area contributed by atoms with Crippen molar-refractivity contribution >= 4 is 78.3 Å². The van der Waals surface area contributed by atoms with E-state index in [4.69, 9.17) is 0 Å². The Balaban J connectivity index is -0.000000488. The summed E-state index contributed by atoms with van der Waals surface area (Å²) < 4.78 is 0. The fourth-order valence-electron chi connectivity index (χ4n) is 9.67. The molecule has 74 heavy (non-hydrogen) atoms. The van der Waals surface area contributed by atoms with E-state index in [0.29, 0.717) is 17.3 Å². The third kappa shape index (κ3) is 70.3. The third-order valence-electron chi connectivity index (χ3n) is 14.9. The summed E-state index contributed by atoms with van der Waals surface area (Å²) in [6.45, 7) is 6.82. The summed E-state index contributed by atoms with van der Waals surface area (Å²) in [5.41, 5.74) is 0. The molecule has 0 bridgehead atoms. The van der Waals surface area contributed by atoms with Crippen molar-refractivity contribution in [2.75, 3.05) is 17.3 Å². The van der Waals surface area contributed by atoms with Crippen LogP contribution in [-0.2, 0) is 14.4 Å². The molecule has 0 aliphatic rings. The molecule has 10 heteroatoms. The maximum absolute atomic E-state index is 10.8. The zero-order chi connectivity index (χ0) is 55.6. The van der Waals surface area contributed by atoms with Crippen LogP contribution in [0.5, 0.6) is 0 Å². The molecule has 0 spiro atoms. The van der Waals surface area contributed by atoms with Crippen LogP contribution in [0.15, 0.2) is 0 Å². The summed E-state index contributed by atoms with van der Waals surface area (Å²) in [6.07, 6.45) is 66.8. The van der Waals surface area contributed by atoms with Crippen LogP contribution in [-0.4, -0.2) is 57.7 Å². The number of hydrogen-bond acceptors (Lipinski definition) is 9. The van der Waals surface area contributed by atoms with Gasteiger partial charge in [0.25, 0.3) is 0 Å². The van der Waals surface area contributed by atoms with Crippen LogP contribution in [0.1, 0.15) is 348 Å². The van der Waals surface area contributed by atoms with Crippen molar-refractivity contribution in [3.8, 4) is 0 Å². The standard InChI is InChI=1S/3C21H42O2S.CH3.Sn/c3*1-2-3-4-5-6-7-8-9-10-11-12-13-14-15-16-17-18-20(19-24)21(22)23;;/h3*20,24H,2-19H2,1H3,(H,22,23);1H3;/q;;;;+3/p-3. The Hall–Kier alpha value is 0.259. The zero-order valence-corrected chi connectivity index (χ0v) is 55.2. The average Bonchev–Trinajstić information content (AvgIpc) is 3.39. The Kier molecular flexibility index (Phi) is 79.9. The van der Waals surface area contributed by atoms with Crippen molar-refractivity contribution < 1.29 is 29.7 Å². The van der Waals surface area contributed by atoms with Gasteiger partial charge in [0.2, 0.25) is 0 Å². The number of carboxylic acids is 3. The van der Waals surface area contributed by atoms with Crippen molar-refractivity contribution in [3.63, 3.8) is 0 Å². The van der Waals surface area contributed by atoms with E-state index in [1.54, 1.807) is 22.5 Å². The minimum absolute atomic E-state index is 0.361. The normalized spacial score (nSPS) is 12.2. The molecule has 3 atom stereocenters. The Morgan fingerprint density at radius 1 is 0.257 bits per heavy atom. The fraction of sp³-hybridized carbons (Fsp3) is 0.953. The molecular weight excluding hydrogens is 1080 g/mol. The molecule has 0 aromatic carbocycles. The molecule has 0 aromatic rings. The van der Waals surface area contributed by atoms with E-state index in [2.05, 4.69) is 63.6 Å². The fourth-order valence-corrected chi connectivity index (χ4v) is 10.7. The van der Waals surface area contributed by atoms with Crippen molar-refractivity contribution in [2.45, 2.75) is 353 Å². The first-order valence-corrected chi connectivity index (χ1v) is 36.9. The average molecular weight is 1210 g/mol. The summed E-state index contributed by atoms with van der Waals surface area (Å²) in [4.78, 5) is 34.4. The summed E-state index contributed by atoms with van der Waals surface area (Å²) in [5.74, 6) is -2.69. The molecule has 3 unspecified atom stereocenters.